The molecule has 0 fully saturated rings. The molecule has 0 atom stereocenters. The lowest BCUT2D eigenvalue weighted by molar-refractivity contribution is 0.907. The van der Waals surface area contributed by atoms with Gasteiger partial charge in [0.2, 0.25) is 0 Å². The number of unbranched alkanes of at least 4 members (excludes halogenated alkanes) is 1. The van der Waals surface area contributed by atoms with Crippen molar-refractivity contribution >= 4 is 17.3 Å². The molecular weight excluding hydrogens is 208 g/mol. The molecule has 0 radical (unpaired) electrons. The molecule has 0 aliphatic carbocycles. The molecule has 1 N–H and O–H groups in total. The van der Waals surface area contributed by atoms with Gasteiger partial charge in [-0.2, -0.15) is 5.26 Å². The Morgan fingerprint density at radius 2 is 2.27 bits per heavy atom. The van der Waals surface area contributed by atoms with Crippen molar-refractivity contribution < 1.29 is 0 Å². The summed E-state index contributed by atoms with van der Waals surface area (Å²) in [5.74, 6) is 2.57. The smallest absolute Gasteiger partial charge is 0.0992 e. The Kier molecular flexibility index (Phi) is 4.54. The first kappa shape index (κ1) is 11.4. The van der Waals surface area contributed by atoms with E-state index in [1.54, 1.807) is 18.2 Å². The van der Waals surface area contributed by atoms with Crippen LogP contribution < -0.4 is 5.32 Å². The summed E-state index contributed by atoms with van der Waals surface area (Å²) in [6.45, 7) is 0.763. The molecule has 15 heavy (non-hydrogen) atoms. The number of benzene rings is 1. The molecule has 0 aliphatic rings. The molecule has 0 saturated heterocycles. The van der Waals surface area contributed by atoms with Gasteiger partial charge in [-0.1, -0.05) is 11.6 Å². The molecule has 2 nitrogen and oxygen atoms in total. The number of anilines is 1. The predicted octanol–water partition coefficient (Wildman–Crippen LogP) is 3.04. The van der Waals surface area contributed by atoms with E-state index in [0.717, 1.165) is 25.1 Å². The number of hydrogen-bond acceptors (Lipinski definition) is 2. The van der Waals surface area contributed by atoms with Gasteiger partial charge in [0, 0.05) is 13.0 Å². The van der Waals surface area contributed by atoms with Gasteiger partial charge in [0.05, 0.1) is 22.3 Å². The minimum Gasteiger partial charge on any atom is -0.384 e. The quantitative estimate of drug-likeness (QED) is 0.623. The second-order valence-corrected chi connectivity index (χ2v) is 3.45. The summed E-state index contributed by atoms with van der Waals surface area (Å²) in [6.07, 6.45) is 6.77. The summed E-state index contributed by atoms with van der Waals surface area (Å²) in [5.41, 5.74) is 1.38. The third-order valence-corrected chi connectivity index (χ3v) is 2.24. The fourth-order valence-corrected chi connectivity index (χ4v) is 1.33. The molecule has 0 spiro atoms. The van der Waals surface area contributed by atoms with Gasteiger partial charge in [-0.3, -0.25) is 0 Å². The zero-order valence-electron chi connectivity index (χ0n) is 8.26. The van der Waals surface area contributed by atoms with E-state index < -0.39 is 0 Å². The number of rotatable bonds is 4. The van der Waals surface area contributed by atoms with Crippen LogP contribution in [0, 0.1) is 23.7 Å². The fraction of sp³-hybridized carbons (Fsp3) is 0.250. The minimum atomic E-state index is 0.596. The Bertz CT molecular complexity index is 413. The van der Waals surface area contributed by atoms with Crippen LogP contribution in [-0.4, -0.2) is 6.54 Å². The van der Waals surface area contributed by atoms with E-state index in [2.05, 4.69) is 17.3 Å². The van der Waals surface area contributed by atoms with E-state index in [0.29, 0.717) is 10.6 Å². The minimum absolute atomic E-state index is 0.596. The van der Waals surface area contributed by atoms with Crippen LogP contribution >= 0.6 is 11.6 Å². The van der Waals surface area contributed by atoms with Gasteiger partial charge in [-0.05, 0) is 24.6 Å². The number of nitrogens with one attached hydrogen (secondary N) is 1. The van der Waals surface area contributed by atoms with Crippen molar-refractivity contribution in [3.8, 4) is 18.4 Å². The van der Waals surface area contributed by atoms with Gasteiger partial charge in [0.1, 0.15) is 0 Å². The van der Waals surface area contributed by atoms with E-state index in [9.17, 15) is 0 Å². The standard InChI is InChI=1S/C12H11ClN2/c1-2-3-4-7-15-12-8-10(9-14)5-6-11(12)13/h1,5-6,8,15H,3-4,7H2. The average molecular weight is 219 g/mol. The molecule has 0 heterocycles. The highest BCUT2D eigenvalue weighted by Crippen LogP contribution is 2.22. The van der Waals surface area contributed by atoms with E-state index >= 15 is 0 Å². The Morgan fingerprint density at radius 3 is 2.93 bits per heavy atom. The molecule has 0 saturated carbocycles. The molecule has 76 valence electrons. The lowest BCUT2D eigenvalue weighted by atomic mass is 10.2. The van der Waals surface area contributed by atoms with Crippen molar-refractivity contribution in [2.24, 2.45) is 0 Å². The van der Waals surface area contributed by atoms with Gasteiger partial charge in [-0.15, -0.1) is 12.3 Å². The largest absolute Gasteiger partial charge is 0.384 e. The summed E-state index contributed by atoms with van der Waals surface area (Å²) in [5, 5.41) is 12.5. The summed E-state index contributed by atoms with van der Waals surface area (Å²) in [7, 11) is 0. The zero-order chi connectivity index (χ0) is 11.1. The third kappa shape index (κ3) is 3.54. The average Bonchev–Trinajstić information content (AvgIpc) is 2.26. The summed E-state index contributed by atoms with van der Waals surface area (Å²) in [4.78, 5) is 0. The van der Waals surface area contributed by atoms with Crippen LogP contribution in [0.4, 0.5) is 5.69 Å². The molecular formula is C12H11ClN2. The molecule has 1 rings (SSSR count). The first-order valence-electron chi connectivity index (χ1n) is 4.65. The van der Waals surface area contributed by atoms with Crippen molar-refractivity contribution in [2.75, 3.05) is 11.9 Å². The zero-order valence-corrected chi connectivity index (χ0v) is 9.01. The molecule has 0 amide bonds. The summed E-state index contributed by atoms with van der Waals surface area (Å²) in [6, 6.07) is 7.20. The first-order chi connectivity index (χ1) is 7.27. The second-order valence-electron chi connectivity index (χ2n) is 3.04. The first-order valence-corrected chi connectivity index (χ1v) is 5.02. The van der Waals surface area contributed by atoms with Gasteiger partial charge in [-0.25, -0.2) is 0 Å². The molecule has 0 aromatic heterocycles. The van der Waals surface area contributed by atoms with Crippen molar-refractivity contribution in [2.45, 2.75) is 12.8 Å². The monoisotopic (exact) mass is 218 g/mol. The van der Waals surface area contributed by atoms with Crippen LogP contribution in [0.2, 0.25) is 5.02 Å². The number of terminal acetylenes is 1. The molecule has 1 aromatic carbocycles. The Labute approximate surface area is 94.9 Å². The number of nitrogens with zero attached hydrogens (tertiary/aromatic N) is 1. The predicted molar refractivity (Wildman–Crippen MR) is 62.7 cm³/mol. The van der Waals surface area contributed by atoms with Gasteiger partial charge < -0.3 is 5.32 Å². The molecule has 0 bridgehead atoms. The van der Waals surface area contributed by atoms with Crippen LogP contribution in [0.15, 0.2) is 18.2 Å². The lowest BCUT2D eigenvalue weighted by Gasteiger charge is -2.07. The molecule has 0 aliphatic heterocycles. The summed E-state index contributed by atoms with van der Waals surface area (Å²) >= 11 is 5.95. The van der Waals surface area contributed by atoms with Gasteiger partial charge in [0.15, 0.2) is 0 Å². The van der Waals surface area contributed by atoms with Crippen LogP contribution in [0.1, 0.15) is 18.4 Å². The Hall–Kier alpha value is -1.64. The van der Waals surface area contributed by atoms with Crippen molar-refractivity contribution in [3.05, 3.63) is 28.8 Å². The van der Waals surface area contributed by atoms with E-state index in [4.69, 9.17) is 23.3 Å². The summed E-state index contributed by atoms with van der Waals surface area (Å²) < 4.78 is 0. The van der Waals surface area contributed by atoms with E-state index in [1.165, 1.54) is 0 Å². The maximum Gasteiger partial charge on any atom is 0.0992 e. The topological polar surface area (TPSA) is 35.8 Å². The number of halogens is 1. The third-order valence-electron chi connectivity index (χ3n) is 1.91. The SMILES string of the molecule is C#CCCCNc1cc(C#N)ccc1Cl. The maximum atomic E-state index is 8.72. The van der Waals surface area contributed by atoms with Crippen LogP contribution in [0.3, 0.4) is 0 Å². The highest BCUT2D eigenvalue weighted by Gasteiger charge is 2.00. The van der Waals surface area contributed by atoms with Crippen molar-refractivity contribution in [1.82, 2.24) is 0 Å². The molecule has 1 aromatic rings. The highest BCUT2D eigenvalue weighted by molar-refractivity contribution is 6.33. The molecule has 0 unspecified atom stereocenters. The number of hydrogen-bond donors (Lipinski definition) is 1. The van der Waals surface area contributed by atoms with Crippen LogP contribution in [0.25, 0.3) is 0 Å². The molecule has 3 heteroatoms. The van der Waals surface area contributed by atoms with Crippen LogP contribution in [-0.2, 0) is 0 Å². The maximum absolute atomic E-state index is 8.72. The van der Waals surface area contributed by atoms with Crippen molar-refractivity contribution in [1.29, 1.82) is 5.26 Å². The second kappa shape index (κ2) is 5.96. The van der Waals surface area contributed by atoms with E-state index in [1.807, 2.05) is 0 Å². The normalized spacial score (nSPS) is 9.00. The van der Waals surface area contributed by atoms with Crippen molar-refractivity contribution in [3.63, 3.8) is 0 Å². The Morgan fingerprint density at radius 1 is 1.47 bits per heavy atom. The number of nitriles is 1. The van der Waals surface area contributed by atoms with E-state index in [-0.39, 0.29) is 0 Å². The fourth-order valence-electron chi connectivity index (χ4n) is 1.14. The lowest BCUT2D eigenvalue weighted by Crippen LogP contribution is -2.01. The highest BCUT2D eigenvalue weighted by atomic mass is 35.5. The van der Waals surface area contributed by atoms with Gasteiger partial charge in [0.25, 0.3) is 0 Å². The van der Waals surface area contributed by atoms with Crippen LogP contribution in [0.5, 0.6) is 0 Å². The van der Waals surface area contributed by atoms with Gasteiger partial charge >= 0.3 is 0 Å². The Balaban J connectivity index is 2.61.